The molecule has 18 heavy (non-hydrogen) atoms. The third kappa shape index (κ3) is 2.71. The molecule has 1 heterocycles. The molecule has 100 valence electrons. The van der Waals surface area contributed by atoms with Gasteiger partial charge in [-0.1, -0.05) is 22.9 Å². The third-order valence-electron chi connectivity index (χ3n) is 2.64. The molecule has 0 spiro atoms. The number of hydrogen-bond acceptors (Lipinski definition) is 3. The van der Waals surface area contributed by atoms with E-state index in [-0.39, 0.29) is 11.0 Å². The van der Waals surface area contributed by atoms with Crippen LogP contribution in [0.5, 0.6) is 0 Å². The summed E-state index contributed by atoms with van der Waals surface area (Å²) in [6.45, 7) is 2.40. The topological polar surface area (TPSA) is 18.5 Å². The highest BCUT2D eigenvalue weighted by Gasteiger charge is 2.44. The van der Waals surface area contributed by atoms with Gasteiger partial charge in [-0.15, -0.1) is 11.8 Å². The number of ether oxygens (including phenoxy) is 2. The molecule has 6 heteroatoms. The first kappa shape index (κ1) is 14.2. The van der Waals surface area contributed by atoms with Crippen LogP contribution in [0, 0.1) is 11.6 Å². The van der Waals surface area contributed by atoms with Crippen LogP contribution < -0.4 is 0 Å². The van der Waals surface area contributed by atoms with E-state index in [1.54, 1.807) is 11.8 Å². The van der Waals surface area contributed by atoms with Gasteiger partial charge in [-0.05, 0) is 17.9 Å². The molecule has 1 aromatic carbocycles. The maximum Gasteiger partial charge on any atom is 0.209 e. The van der Waals surface area contributed by atoms with E-state index in [1.807, 2.05) is 6.92 Å². The molecule has 0 amide bonds. The number of alkyl halides is 1. The molecule has 0 aromatic heterocycles. The van der Waals surface area contributed by atoms with Crippen molar-refractivity contribution in [1.82, 2.24) is 0 Å². The number of hydrogen-bond donors (Lipinski definition) is 0. The lowest BCUT2D eigenvalue weighted by atomic mass is 10.1. The zero-order valence-electron chi connectivity index (χ0n) is 9.79. The van der Waals surface area contributed by atoms with Gasteiger partial charge in [-0.3, -0.25) is 0 Å². The Morgan fingerprint density at radius 3 is 2.89 bits per heavy atom. The number of halogens is 3. The lowest BCUT2D eigenvalue weighted by Gasteiger charge is -2.26. The fraction of sp³-hybridized carbons (Fsp3) is 0.500. The maximum absolute atomic E-state index is 13.8. The fourth-order valence-corrected chi connectivity index (χ4v) is 3.19. The molecule has 1 aliphatic heterocycles. The van der Waals surface area contributed by atoms with Gasteiger partial charge in [-0.25, -0.2) is 8.78 Å². The Bertz CT molecular complexity index is 433. The quantitative estimate of drug-likeness (QED) is 0.781. The van der Waals surface area contributed by atoms with E-state index >= 15 is 0 Å². The lowest BCUT2D eigenvalue weighted by molar-refractivity contribution is -0.149. The Hall–Kier alpha value is -0.170. The average molecular weight is 339 g/mol. The standard InChI is InChI=1S/C12H13BrF2O2S/c1-2-18-11-6-16-12(7-13,17-11)9-4-3-8(14)5-10(9)15/h3-5,11H,2,6-7H2,1H3. The molecule has 2 unspecified atom stereocenters. The molecule has 1 aromatic rings. The van der Waals surface area contributed by atoms with E-state index in [0.29, 0.717) is 11.9 Å². The highest BCUT2D eigenvalue weighted by molar-refractivity contribution is 9.09. The Kier molecular flexibility index (Phi) is 4.64. The van der Waals surface area contributed by atoms with Crippen LogP contribution in [0.1, 0.15) is 12.5 Å². The minimum absolute atomic E-state index is 0.128. The highest BCUT2D eigenvalue weighted by Crippen LogP contribution is 2.40. The lowest BCUT2D eigenvalue weighted by Crippen LogP contribution is -2.31. The molecule has 2 nitrogen and oxygen atoms in total. The van der Waals surface area contributed by atoms with Gasteiger partial charge in [0.1, 0.15) is 17.1 Å². The molecule has 1 aliphatic rings. The van der Waals surface area contributed by atoms with Crippen molar-refractivity contribution in [2.75, 3.05) is 17.7 Å². The van der Waals surface area contributed by atoms with Crippen LogP contribution in [-0.2, 0) is 15.3 Å². The van der Waals surface area contributed by atoms with Crippen molar-refractivity contribution >= 4 is 27.7 Å². The molecular weight excluding hydrogens is 326 g/mol. The van der Waals surface area contributed by atoms with Gasteiger partial charge in [0, 0.05) is 11.6 Å². The summed E-state index contributed by atoms with van der Waals surface area (Å²) >= 11 is 4.88. The minimum atomic E-state index is -1.16. The molecule has 0 N–H and O–H groups in total. The number of thioether (sulfide) groups is 1. The second-order valence-electron chi connectivity index (χ2n) is 3.82. The predicted molar refractivity (Wildman–Crippen MR) is 70.8 cm³/mol. The van der Waals surface area contributed by atoms with E-state index in [1.165, 1.54) is 12.1 Å². The van der Waals surface area contributed by atoms with Crippen molar-refractivity contribution in [2.45, 2.75) is 18.1 Å². The van der Waals surface area contributed by atoms with Crippen LogP contribution in [-0.4, -0.2) is 23.1 Å². The summed E-state index contributed by atoms with van der Waals surface area (Å²) < 4.78 is 38.1. The molecule has 1 saturated heterocycles. The second kappa shape index (κ2) is 5.86. The largest absolute Gasteiger partial charge is 0.341 e. The Morgan fingerprint density at radius 1 is 1.50 bits per heavy atom. The van der Waals surface area contributed by atoms with E-state index < -0.39 is 17.4 Å². The van der Waals surface area contributed by atoms with Crippen molar-refractivity contribution in [1.29, 1.82) is 0 Å². The first-order valence-corrected chi connectivity index (χ1v) is 7.73. The van der Waals surface area contributed by atoms with Crippen LogP contribution >= 0.6 is 27.7 Å². The van der Waals surface area contributed by atoms with E-state index in [0.717, 1.165) is 11.8 Å². The van der Waals surface area contributed by atoms with Gasteiger partial charge in [0.05, 0.1) is 11.9 Å². The summed E-state index contributed by atoms with van der Waals surface area (Å²) in [7, 11) is 0. The van der Waals surface area contributed by atoms with Crippen LogP contribution in [0.25, 0.3) is 0 Å². The Labute approximate surface area is 117 Å². The molecule has 2 rings (SSSR count). The minimum Gasteiger partial charge on any atom is -0.341 e. The second-order valence-corrected chi connectivity index (χ2v) is 5.82. The van der Waals surface area contributed by atoms with Crippen molar-refractivity contribution in [3.05, 3.63) is 35.4 Å². The van der Waals surface area contributed by atoms with Crippen molar-refractivity contribution in [3.63, 3.8) is 0 Å². The fourth-order valence-electron chi connectivity index (χ4n) is 1.83. The number of rotatable bonds is 4. The summed E-state index contributed by atoms with van der Waals surface area (Å²) in [6.07, 6.45) is 0. The average Bonchev–Trinajstić information content (AvgIpc) is 2.74. The molecule has 0 bridgehead atoms. The van der Waals surface area contributed by atoms with E-state index in [2.05, 4.69) is 15.9 Å². The monoisotopic (exact) mass is 338 g/mol. The van der Waals surface area contributed by atoms with Crippen LogP contribution in [0.3, 0.4) is 0 Å². The van der Waals surface area contributed by atoms with Crippen molar-refractivity contribution in [3.8, 4) is 0 Å². The summed E-state index contributed by atoms with van der Waals surface area (Å²) in [5.74, 6) is -1.54. The van der Waals surface area contributed by atoms with Crippen molar-refractivity contribution in [2.24, 2.45) is 0 Å². The number of benzene rings is 1. The van der Waals surface area contributed by atoms with Crippen LogP contribution in [0.15, 0.2) is 18.2 Å². The van der Waals surface area contributed by atoms with Crippen molar-refractivity contribution < 1.29 is 18.3 Å². The summed E-state index contributed by atoms with van der Waals surface area (Å²) in [6, 6.07) is 3.41. The summed E-state index contributed by atoms with van der Waals surface area (Å²) in [5, 5.41) is 0.295. The zero-order valence-corrected chi connectivity index (χ0v) is 12.2. The molecule has 1 fully saturated rings. The third-order valence-corrected chi connectivity index (χ3v) is 4.32. The normalized spacial score (nSPS) is 27.7. The first-order valence-electron chi connectivity index (χ1n) is 5.56. The Balaban J connectivity index is 2.28. The molecule has 0 aliphatic carbocycles. The molecule has 0 saturated carbocycles. The molecular formula is C12H13BrF2O2S. The Morgan fingerprint density at radius 2 is 2.28 bits per heavy atom. The maximum atomic E-state index is 13.8. The van der Waals surface area contributed by atoms with Gasteiger partial charge in [0.25, 0.3) is 0 Å². The first-order chi connectivity index (χ1) is 8.61. The zero-order chi connectivity index (χ0) is 13.2. The van der Waals surface area contributed by atoms with Crippen LogP contribution in [0.4, 0.5) is 8.78 Å². The smallest absolute Gasteiger partial charge is 0.209 e. The van der Waals surface area contributed by atoms with E-state index in [9.17, 15) is 8.78 Å². The van der Waals surface area contributed by atoms with Gasteiger partial charge < -0.3 is 9.47 Å². The van der Waals surface area contributed by atoms with Gasteiger partial charge in [0.15, 0.2) is 0 Å². The summed E-state index contributed by atoms with van der Waals surface area (Å²) in [4.78, 5) is 0. The SMILES string of the molecule is CCSC1COC(CBr)(c2ccc(F)cc2F)O1. The molecule has 2 atom stereocenters. The van der Waals surface area contributed by atoms with Crippen LogP contribution in [0.2, 0.25) is 0 Å². The van der Waals surface area contributed by atoms with Gasteiger partial charge >= 0.3 is 0 Å². The molecule has 0 radical (unpaired) electrons. The predicted octanol–water partition coefficient (Wildman–Crippen LogP) is 3.64. The van der Waals surface area contributed by atoms with Gasteiger partial charge in [-0.2, -0.15) is 0 Å². The highest BCUT2D eigenvalue weighted by atomic mass is 79.9. The van der Waals surface area contributed by atoms with E-state index in [4.69, 9.17) is 9.47 Å². The van der Waals surface area contributed by atoms with Gasteiger partial charge in [0.2, 0.25) is 5.79 Å². The summed E-state index contributed by atoms with van der Waals surface area (Å²) in [5.41, 5.74) is 0.0944.